The third-order valence-electron chi connectivity index (χ3n) is 5.07. The highest BCUT2D eigenvalue weighted by Crippen LogP contribution is 2.27. The summed E-state index contributed by atoms with van der Waals surface area (Å²) in [6.45, 7) is 2.99. The number of hydrogen-bond donors (Lipinski definition) is 2. The number of hydrogen-bond acceptors (Lipinski definition) is 4. The van der Waals surface area contributed by atoms with E-state index in [-0.39, 0.29) is 29.9 Å². The fourth-order valence-electron chi connectivity index (χ4n) is 3.49. The van der Waals surface area contributed by atoms with Crippen LogP contribution in [0.1, 0.15) is 30.0 Å². The summed E-state index contributed by atoms with van der Waals surface area (Å²) in [7, 11) is 1.84. The molecule has 0 radical (unpaired) electrons. The molecule has 26 heavy (non-hydrogen) atoms. The zero-order chi connectivity index (χ0) is 18.5. The number of likely N-dealkylation sites (N-methyl/N-ethyl adjacent to an activating group) is 1. The predicted molar refractivity (Wildman–Crippen MR) is 101 cm³/mol. The van der Waals surface area contributed by atoms with Crippen molar-refractivity contribution in [1.82, 2.24) is 9.80 Å². The highest BCUT2D eigenvalue weighted by atomic mass is 16.3. The van der Waals surface area contributed by atoms with Gasteiger partial charge in [0.25, 0.3) is 0 Å². The molecule has 1 atom stereocenters. The van der Waals surface area contributed by atoms with Crippen LogP contribution >= 0.6 is 0 Å². The first kappa shape index (κ1) is 18.3. The summed E-state index contributed by atoms with van der Waals surface area (Å²) in [6.07, 6.45) is 2.62. The van der Waals surface area contributed by atoms with Crippen LogP contribution in [0.4, 0.5) is 0 Å². The van der Waals surface area contributed by atoms with E-state index in [1.165, 1.54) is 25.0 Å². The second-order valence-electron chi connectivity index (χ2n) is 6.94. The second kappa shape index (κ2) is 8.23. The number of nitrogens with zero attached hydrogens (tertiary/aromatic N) is 2. The molecule has 3 rings (SSSR count). The Morgan fingerprint density at radius 3 is 2.42 bits per heavy atom. The summed E-state index contributed by atoms with van der Waals surface area (Å²) >= 11 is 0. The van der Waals surface area contributed by atoms with Gasteiger partial charge in [-0.3, -0.25) is 4.79 Å². The first-order valence-corrected chi connectivity index (χ1v) is 9.08. The molecule has 2 aromatic rings. The molecule has 2 N–H and O–H groups in total. The van der Waals surface area contributed by atoms with E-state index < -0.39 is 0 Å². The normalized spacial score (nSPS) is 15.7. The van der Waals surface area contributed by atoms with E-state index in [9.17, 15) is 15.0 Å². The standard InChI is InChI=1S/C21H26N2O3/c1-22(21(26)14-16-9-10-19(24)20(25)13-16)18(15-23-11-5-6-12-23)17-7-3-2-4-8-17/h2-4,7-10,13,18,24-25H,5-6,11-12,14-15H2,1H3/t18-/m1/s1. The molecule has 138 valence electrons. The lowest BCUT2D eigenvalue weighted by Crippen LogP contribution is -2.39. The molecular weight excluding hydrogens is 328 g/mol. The lowest BCUT2D eigenvalue weighted by atomic mass is 10.0. The van der Waals surface area contributed by atoms with E-state index in [1.54, 1.807) is 11.0 Å². The van der Waals surface area contributed by atoms with Crippen molar-refractivity contribution in [3.05, 3.63) is 59.7 Å². The van der Waals surface area contributed by atoms with Crippen molar-refractivity contribution in [3.8, 4) is 11.5 Å². The molecule has 1 amide bonds. The minimum absolute atomic E-state index is 0.00693. The number of phenols is 2. The number of rotatable bonds is 6. The third kappa shape index (κ3) is 4.35. The summed E-state index contributed by atoms with van der Waals surface area (Å²) in [6, 6.07) is 14.6. The van der Waals surface area contributed by atoms with Crippen molar-refractivity contribution in [2.75, 3.05) is 26.7 Å². The summed E-state index contributed by atoms with van der Waals surface area (Å²) in [4.78, 5) is 17.1. The van der Waals surface area contributed by atoms with Crippen molar-refractivity contribution in [2.45, 2.75) is 25.3 Å². The van der Waals surface area contributed by atoms with Gasteiger partial charge in [-0.25, -0.2) is 0 Å². The van der Waals surface area contributed by atoms with E-state index in [2.05, 4.69) is 17.0 Å². The first-order chi connectivity index (χ1) is 12.5. The largest absolute Gasteiger partial charge is 0.504 e. The summed E-state index contributed by atoms with van der Waals surface area (Å²) in [5.41, 5.74) is 1.81. The average molecular weight is 354 g/mol. The zero-order valence-electron chi connectivity index (χ0n) is 15.1. The Balaban J connectivity index is 1.75. The smallest absolute Gasteiger partial charge is 0.227 e. The van der Waals surface area contributed by atoms with Gasteiger partial charge in [0, 0.05) is 13.6 Å². The molecule has 0 bridgehead atoms. The molecule has 1 fully saturated rings. The van der Waals surface area contributed by atoms with Crippen LogP contribution in [0.15, 0.2) is 48.5 Å². The highest BCUT2D eigenvalue weighted by molar-refractivity contribution is 5.79. The number of benzene rings is 2. The molecule has 1 saturated heterocycles. The summed E-state index contributed by atoms with van der Waals surface area (Å²) < 4.78 is 0. The van der Waals surface area contributed by atoms with Crippen molar-refractivity contribution in [1.29, 1.82) is 0 Å². The fraction of sp³-hybridized carbons (Fsp3) is 0.381. The van der Waals surface area contributed by atoms with Gasteiger partial charge in [0.05, 0.1) is 12.5 Å². The summed E-state index contributed by atoms with van der Waals surface area (Å²) in [5.74, 6) is -0.386. The van der Waals surface area contributed by atoms with E-state index in [0.717, 1.165) is 25.2 Å². The molecule has 2 aromatic carbocycles. The SMILES string of the molecule is CN(C(=O)Cc1ccc(O)c(O)c1)[C@H](CN1CCCC1)c1ccccc1. The molecule has 1 heterocycles. The van der Waals surface area contributed by atoms with Crippen LogP contribution in [0.5, 0.6) is 11.5 Å². The Labute approximate surface area is 154 Å². The van der Waals surface area contributed by atoms with Crippen molar-refractivity contribution in [3.63, 3.8) is 0 Å². The maximum atomic E-state index is 12.9. The van der Waals surface area contributed by atoms with Crippen LogP contribution in [-0.2, 0) is 11.2 Å². The van der Waals surface area contributed by atoms with Crippen LogP contribution in [-0.4, -0.2) is 52.6 Å². The van der Waals surface area contributed by atoms with E-state index >= 15 is 0 Å². The Kier molecular flexibility index (Phi) is 5.78. The highest BCUT2D eigenvalue weighted by Gasteiger charge is 2.25. The Morgan fingerprint density at radius 1 is 1.08 bits per heavy atom. The van der Waals surface area contributed by atoms with Gasteiger partial charge in [-0.15, -0.1) is 0 Å². The van der Waals surface area contributed by atoms with Gasteiger partial charge >= 0.3 is 0 Å². The number of amides is 1. The minimum Gasteiger partial charge on any atom is -0.504 e. The number of aromatic hydroxyl groups is 2. The first-order valence-electron chi connectivity index (χ1n) is 9.08. The third-order valence-corrected chi connectivity index (χ3v) is 5.07. The van der Waals surface area contributed by atoms with E-state index in [0.29, 0.717) is 5.56 Å². The minimum atomic E-state index is -0.199. The number of carbonyl (C=O) groups excluding carboxylic acids is 1. The van der Waals surface area contributed by atoms with Crippen LogP contribution in [0, 0.1) is 0 Å². The monoisotopic (exact) mass is 354 g/mol. The van der Waals surface area contributed by atoms with E-state index in [1.807, 2.05) is 25.2 Å². The molecule has 0 aromatic heterocycles. The second-order valence-corrected chi connectivity index (χ2v) is 6.94. The van der Waals surface area contributed by atoms with Crippen LogP contribution in [0.3, 0.4) is 0 Å². The maximum absolute atomic E-state index is 12.9. The van der Waals surface area contributed by atoms with Crippen molar-refractivity contribution in [2.24, 2.45) is 0 Å². The van der Waals surface area contributed by atoms with E-state index in [4.69, 9.17) is 0 Å². The average Bonchev–Trinajstić information content (AvgIpc) is 3.16. The fourth-order valence-corrected chi connectivity index (χ4v) is 3.49. The Bertz CT molecular complexity index is 742. The van der Waals surface area contributed by atoms with Gasteiger partial charge in [-0.2, -0.15) is 0 Å². The predicted octanol–water partition coefficient (Wildman–Crippen LogP) is 2.94. The van der Waals surface area contributed by atoms with Crippen molar-refractivity contribution >= 4 is 5.91 Å². The molecule has 0 aliphatic carbocycles. The topological polar surface area (TPSA) is 64.0 Å². The molecule has 0 spiro atoms. The number of carbonyl (C=O) groups is 1. The number of likely N-dealkylation sites (tertiary alicyclic amines) is 1. The van der Waals surface area contributed by atoms with Crippen LogP contribution < -0.4 is 0 Å². The molecule has 5 nitrogen and oxygen atoms in total. The number of phenolic OH excluding ortho intramolecular Hbond substituents is 2. The molecule has 0 unspecified atom stereocenters. The molecule has 0 saturated carbocycles. The Hall–Kier alpha value is -2.53. The van der Waals surface area contributed by atoms with Gasteiger partial charge < -0.3 is 20.0 Å². The van der Waals surface area contributed by atoms with Gasteiger partial charge in [0.1, 0.15) is 0 Å². The van der Waals surface area contributed by atoms with Crippen LogP contribution in [0.2, 0.25) is 0 Å². The van der Waals surface area contributed by atoms with Crippen molar-refractivity contribution < 1.29 is 15.0 Å². The molecule has 1 aliphatic rings. The van der Waals surface area contributed by atoms with Gasteiger partial charge in [0.2, 0.25) is 5.91 Å². The van der Waals surface area contributed by atoms with Gasteiger partial charge in [0.15, 0.2) is 11.5 Å². The summed E-state index contributed by atoms with van der Waals surface area (Å²) in [5, 5.41) is 19.1. The lowest BCUT2D eigenvalue weighted by molar-refractivity contribution is -0.131. The Morgan fingerprint density at radius 2 is 1.77 bits per heavy atom. The quantitative estimate of drug-likeness (QED) is 0.783. The van der Waals surface area contributed by atoms with Gasteiger partial charge in [-0.05, 0) is 49.2 Å². The lowest BCUT2D eigenvalue weighted by Gasteiger charge is -2.32. The molecule has 1 aliphatic heterocycles. The molecule has 5 heteroatoms. The zero-order valence-corrected chi connectivity index (χ0v) is 15.1. The van der Waals surface area contributed by atoms with Gasteiger partial charge in [-0.1, -0.05) is 36.4 Å². The molecular formula is C21H26N2O3. The maximum Gasteiger partial charge on any atom is 0.227 e. The van der Waals surface area contributed by atoms with Crippen LogP contribution in [0.25, 0.3) is 0 Å².